The molecule has 48 nitrogen and oxygen atoms in total. The van der Waals surface area contributed by atoms with Crippen LogP contribution in [0.15, 0.2) is 91.0 Å². The number of carbonyl (C=O) groups is 18. The fourth-order valence-electron chi connectivity index (χ4n) is 14.6. The summed E-state index contributed by atoms with van der Waals surface area (Å²) < 4.78 is 0. The van der Waals surface area contributed by atoms with Crippen LogP contribution < -0.4 is 119 Å². The van der Waals surface area contributed by atoms with Crippen molar-refractivity contribution in [2.45, 2.75) is 267 Å². The summed E-state index contributed by atoms with van der Waals surface area (Å²) in [5, 5.41) is 105. The number of thioether (sulfide) groups is 1. The Labute approximate surface area is 823 Å². The highest BCUT2D eigenvalue weighted by Gasteiger charge is 2.41. The van der Waals surface area contributed by atoms with Gasteiger partial charge in [-0.15, -0.1) is 0 Å². The van der Waals surface area contributed by atoms with Crippen molar-refractivity contribution in [1.82, 2.24) is 90.0 Å². The normalized spacial score (nSPS) is 14.5. The summed E-state index contributed by atoms with van der Waals surface area (Å²) in [5.41, 5.74) is 35.1. The molecule has 141 heavy (non-hydrogen) atoms. The fraction of sp³-hybridized carbons (Fsp3) is 0.576. The quantitative estimate of drug-likeness (QED) is 0.0144. The van der Waals surface area contributed by atoms with E-state index < -0.39 is 247 Å². The van der Waals surface area contributed by atoms with Crippen molar-refractivity contribution in [3.63, 3.8) is 0 Å². The smallest absolute Gasteiger partial charge is 0.326 e. The van der Waals surface area contributed by atoms with Crippen molar-refractivity contribution in [2.24, 2.45) is 52.2 Å². The minimum absolute atomic E-state index is 0.0382. The average molecular weight is 2000 g/mol. The number of hydrogen-bond donors (Lipinski definition) is 29. The zero-order chi connectivity index (χ0) is 106. The highest BCUT2D eigenvalue weighted by molar-refractivity contribution is 7.98. The summed E-state index contributed by atoms with van der Waals surface area (Å²) in [5.74, 6) is -21.6. The average Bonchev–Trinajstić information content (AvgIpc) is 0.836. The van der Waals surface area contributed by atoms with Crippen molar-refractivity contribution in [3.05, 3.63) is 108 Å². The Hall–Kier alpha value is -13.8. The summed E-state index contributed by atoms with van der Waals surface area (Å²) in [6, 6.07) is 0.710. The molecule has 16 atom stereocenters. The van der Waals surface area contributed by atoms with Crippen LogP contribution in [-0.2, 0) is 106 Å². The van der Waals surface area contributed by atoms with Crippen LogP contribution in [0.2, 0.25) is 0 Å². The predicted molar refractivity (Wildman–Crippen MR) is 524 cm³/mol. The lowest BCUT2D eigenvalue weighted by molar-refractivity contribution is -0.144. The topological polar surface area (TPSA) is 812 Å². The van der Waals surface area contributed by atoms with E-state index in [9.17, 15) is 82.8 Å². The second kappa shape index (κ2) is 65.2. The van der Waals surface area contributed by atoms with Crippen LogP contribution in [0.1, 0.15) is 174 Å². The van der Waals surface area contributed by atoms with E-state index in [1.807, 2.05) is 0 Å². The maximum atomic E-state index is 15.3. The van der Waals surface area contributed by atoms with Gasteiger partial charge in [-0.2, -0.15) is 11.8 Å². The molecule has 3 rings (SSSR count). The van der Waals surface area contributed by atoms with Gasteiger partial charge in [-0.05, 0) is 143 Å². The molecule has 0 heterocycles. The third-order valence-electron chi connectivity index (χ3n) is 22.5. The Kier molecular flexibility index (Phi) is 56.1. The van der Waals surface area contributed by atoms with Gasteiger partial charge in [0, 0.05) is 58.8 Å². The largest absolute Gasteiger partial charge is 0.481 e. The van der Waals surface area contributed by atoms with Gasteiger partial charge in [-0.3, -0.25) is 97.7 Å². The van der Waals surface area contributed by atoms with Gasteiger partial charge >= 0.3 is 17.9 Å². The van der Waals surface area contributed by atoms with Crippen molar-refractivity contribution < 1.29 is 107 Å². The second-order valence-corrected chi connectivity index (χ2v) is 36.1. The Morgan fingerprint density at radius 1 is 0.383 bits per heavy atom. The Bertz CT molecular complexity index is 4630. The number of carbonyl (C=O) groups excluding carboxylic acids is 15. The van der Waals surface area contributed by atoms with Crippen LogP contribution in [0.5, 0.6) is 0 Å². The highest BCUT2D eigenvalue weighted by atomic mass is 32.2. The van der Waals surface area contributed by atoms with Crippen molar-refractivity contribution >= 4 is 136 Å². The van der Waals surface area contributed by atoms with Crippen molar-refractivity contribution in [3.8, 4) is 0 Å². The molecule has 0 spiro atoms. The molecule has 0 aromatic heterocycles. The molecular formula is C92H146N26O22S. The summed E-state index contributed by atoms with van der Waals surface area (Å²) in [4.78, 5) is 255. The summed E-state index contributed by atoms with van der Waals surface area (Å²) >= 11 is 1.34. The van der Waals surface area contributed by atoms with Gasteiger partial charge in [0.25, 0.3) is 0 Å². The number of aliphatic carboxylic acids is 3. The lowest BCUT2D eigenvalue weighted by Gasteiger charge is -2.33. The number of nitrogens with two attached hydrogens (primary N) is 6. The zero-order valence-corrected chi connectivity index (χ0v) is 81.9. The predicted octanol–water partition coefficient (Wildman–Crippen LogP) is -4.34. The number of aliphatic hydroxyl groups is 1. The first-order valence-electron chi connectivity index (χ1n) is 46.8. The first kappa shape index (κ1) is 121. The van der Waals surface area contributed by atoms with Crippen molar-refractivity contribution in [2.75, 3.05) is 51.8 Å². The number of hydrogen-bond acceptors (Lipinski definition) is 25. The maximum absolute atomic E-state index is 15.3. The molecular weight excluding hydrogens is 1850 g/mol. The molecule has 35 N–H and O–H groups in total. The van der Waals surface area contributed by atoms with Gasteiger partial charge in [0.1, 0.15) is 84.6 Å². The summed E-state index contributed by atoms with van der Waals surface area (Å²) in [6.07, 6.45) is -2.03. The van der Waals surface area contributed by atoms with E-state index in [4.69, 9.17) is 50.6 Å². The van der Waals surface area contributed by atoms with Gasteiger partial charge in [-0.25, -0.2) is 4.79 Å². The Balaban J connectivity index is 2.11. The van der Waals surface area contributed by atoms with Crippen LogP contribution in [0, 0.1) is 34.0 Å². The number of nitrogens with one attached hydrogen (secondary N) is 19. The van der Waals surface area contributed by atoms with Gasteiger partial charge in [0.15, 0.2) is 17.9 Å². The van der Waals surface area contributed by atoms with E-state index in [2.05, 4.69) is 85.1 Å². The molecule has 0 saturated carbocycles. The molecule has 0 aliphatic rings. The summed E-state index contributed by atoms with van der Waals surface area (Å²) in [6.45, 7) is 9.21. The third-order valence-corrected chi connectivity index (χ3v) is 23.1. The third kappa shape index (κ3) is 47.6. The van der Waals surface area contributed by atoms with E-state index in [0.717, 1.165) is 4.90 Å². The van der Waals surface area contributed by atoms with E-state index in [1.54, 1.807) is 139 Å². The van der Waals surface area contributed by atoms with E-state index in [-0.39, 0.29) is 147 Å². The lowest BCUT2D eigenvalue weighted by atomic mass is 9.95. The van der Waals surface area contributed by atoms with E-state index in [1.165, 1.54) is 18.8 Å². The number of likely N-dealkylation sites (N-methyl/N-ethyl adjacent to an activating group) is 1. The number of aliphatic hydroxyl groups excluding tert-OH is 1. The van der Waals surface area contributed by atoms with Gasteiger partial charge in [0.05, 0.1) is 19.1 Å². The van der Waals surface area contributed by atoms with Crippen LogP contribution in [0.4, 0.5) is 0 Å². The molecule has 15 amide bonds. The Morgan fingerprint density at radius 2 is 0.730 bits per heavy atom. The fourth-order valence-corrected chi connectivity index (χ4v) is 15.0. The zero-order valence-electron chi connectivity index (χ0n) is 81.1. The highest BCUT2D eigenvalue weighted by Crippen LogP contribution is 2.20. The van der Waals surface area contributed by atoms with Crippen LogP contribution >= 0.6 is 11.8 Å². The van der Waals surface area contributed by atoms with E-state index in [0.29, 0.717) is 28.9 Å². The number of carboxylic acids is 3. The molecule has 3 aromatic carbocycles. The minimum atomic E-state index is -2.07. The van der Waals surface area contributed by atoms with Gasteiger partial charge in [0.2, 0.25) is 88.6 Å². The molecule has 0 radical (unpaired) electrons. The van der Waals surface area contributed by atoms with Crippen LogP contribution in [0.25, 0.3) is 0 Å². The van der Waals surface area contributed by atoms with Crippen LogP contribution in [-0.4, -0.2) is 292 Å². The molecule has 3 aromatic rings. The van der Waals surface area contributed by atoms with E-state index >= 15 is 24.0 Å². The minimum Gasteiger partial charge on any atom is -0.481 e. The number of carboxylic acid groups (broad SMARTS) is 3. The number of rotatable bonds is 69. The second-order valence-electron chi connectivity index (χ2n) is 35.1. The number of primary amides is 1. The number of nitrogens with zero attached hydrogens (tertiary/aromatic N) is 1. The first-order valence-corrected chi connectivity index (χ1v) is 48.2. The van der Waals surface area contributed by atoms with Gasteiger partial charge < -0.3 is 145 Å². The molecule has 0 aliphatic carbocycles. The number of amides is 15. The molecule has 49 heteroatoms. The number of benzene rings is 3. The maximum Gasteiger partial charge on any atom is 0.326 e. The molecule has 0 fully saturated rings. The number of guanidine groups is 3. The SMILES string of the molecule is CC[C@H](C)[C@H](NC(=O)[C@H](Cc1ccccc1)NC(=O)[C@H](CC(=O)O)NC(=O)[C@H](CCCNC(=N)N)NC(=O)[C@H](Cc1ccccc1)NC(=O)[C@H](Cc1ccccc1)NC(=O)[C@H](CCCCN)NC(=O)[C@H](CO)NC(=O)[C@H](CC(C)C)N(C)C(=O)[C@H](CCCNC(=N)N)NC(=O)[C@H](CCSC)NC(=O)[C@@H](N)CCC(=O)O)C(=O)N[C@@H](CC(C)C)C(=O)N[C@@H](CCC(N)=O)C(=O)N[C@@H](CCCNC(=N)N)C(=O)O. The standard InChI is InChI=1S/C92H146N26O22S/c1-9-53(6)74(87(137)115-64(44-51(2)3)80(130)108-60(35-36-71(95)120)78(128)110-63(89(139)140)33-23-42-104-92(100)101)117-84(134)67(48-56-28-17-12-18-29-56)113-83(133)68(49-73(123)124)114-77(127)59(31-21-40-102-90(96)97)106-81(131)65(46-54-24-13-10-14-25-54)112-82(132)66(47-55-26-15-11-16-27-55)111-76(126)58(30-19-20-39-93)107-85(135)69(50-119)116-86(136)70(45-52(4)5)118(7)88(138)62(32-22-41-103-91(98)99)109-79(129)61(38-43-141-8)105-75(125)57(94)34-37-72(121)122/h10-18,24-29,51-53,57-70,74,119H,9,19-23,30-50,93-94H2,1-8H3,(H2,95,120)(H,105,125)(H,106,131)(H,107,135)(H,108,130)(H,109,129)(H,110,128)(H,111,126)(H,112,132)(H,113,133)(H,114,127)(H,115,137)(H,116,136)(H,117,134)(H,121,122)(H,123,124)(H,139,140)(H4,96,97,102)(H4,98,99,103)(H4,100,101,104)/t53-,57-,58-,59-,60-,61-,62-,63-,64-,65-,66-,67-,68-,69-,70-,74-/m0/s1. The lowest BCUT2D eigenvalue weighted by Crippen LogP contribution is -2.62. The van der Waals surface area contributed by atoms with Crippen molar-refractivity contribution in [1.29, 1.82) is 16.2 Å². The van der Waals surface area contributed by atoms with Crippen LogP contribution in [0.3, 0.4) is 0 Å². The first-order chi connectivity index (χ1) is 66.7. The summed E-state index contributed by atoms with van der Waals surface area (Å²) in [7, 11) is 1.27. The monoisotopic (exact) mass is 2000 g/mol. The molecule has 0 bridgehead atoms. The molecule has 0 unspecified atom stereocenters. The van der Waals surface area contributed by atoms with Gasteiger partial charge in [-0.1, -0.05) is 139 Å². The molecule has 782 valence electrons. The molecule has 0 aliphatic heterocycles. The number of unbranched alkanes of at least 4 members (excludes halogenated alkanes) is 1. The molecule has 0 saturated heterocycles. The Morgan fingerprint density at radius 3 is 1.13 bits per heavy atom.